The number of hydrogen-bond acceptors (Lipinski definition) is 3. The first-order chi connectivity index (χ1) is 9.49. The topological polar surface area (TPSA) is 54.3 Å². The molecule has 0 aliphatic rings. The van der Waals surface area contributed by atoms with Crippen LogP contribution in [0.5, 0.6) is 0 Å². The highest BCUT2D eigenvalue weighted by Crippen LogP contribution is 2.28. The van der Waals surface area contributed by atoms with E-state index >= 15 is 0 Å². The van der Waals surface area contributed by atoms with E-state index in [0.29, 0.717) is 0 Å². The minimum atomic E-state index is 0.000289. The Hall–Kier alpha value is -1.81. The quantitative estimate of drug-likeness (QED) is 0.881. The van der Waals surface area contributed by atoms with E-state index in [-0.39, 0.29) is 24.5 Å². The van der Waals surface area contributed by atoms with Crippen LogP contribution in [0.25, 0.3) is 11.0 Å². The van der Waals surface area contributed by atoms with E-state index in [2.05, 4.69) is 16.7 Å². The van der Waals surface area contributed by atoms with Crippen LogP contribution in [0.3, 0.4) is 0 Å². The van der Waals surface area contributed by atoms with Crippen molar-refractivity contribution in [1.82, 2.24) is 10.6 Å². The predicted molar refractivity (Wildman–Crippen MR) is 80.6 cm³/mol. The average Bonchev–Trinajstić information content (AvgIpc) is 2.73. The number of nitrogens with one attached hydrogen (secondary N) is 2. The molecule has 108 valence electrons. The maximum atomic E-state index is 11.6. The second-order valence-corrected chi connectivity index (χ2v) is 5.41. The Labute approximate surface area is 119 Å². The van der Waals surface area contributed by atoms with Gasteiger partial charge in [0, 0.05) is 11.4 Å². The van der Waals surface area contributed by atoms with Crippen molar-refractivity contribution in [2.75, 3.05) is 6.54 Å². The van der Waals surface area contributed by atoms with Crippen LogP contribution in [0.15, 0.2) is 28.7 Å². The van der Waals surface area contributed by atoms with E-state index in [0.717, 1.165) is 22.3 Å². The van der Waals surface area contributed by atoms with Gasteiger partial charge in [0.1, 0.15) is 11.3 Å². The second kappa shape index (κ2) is 6.09. The highest BCUT2D eigenvalue weighted by Gasteiger charge is 2.16. The number of carbonyl (C=O) groups is 1. The lowest BCUT2D eigenvalue weighted by Crippen LogP contribution is -2.38. The molecule has 2 aromatic rings. The summed E-state index contributed by atoms with van der Waals surface area (Å²) in [7, 11) is 0. The number of rotatable bonds is 5. The van der Waals surface area contributed by atoms with Gasteiger partial charge >= 0.3 is 0 Å². The van der Waals surface area contributed by atoms with Gasteiger partial charge in [-0.05, 0) is 39.3 Å². The van der Waals surface area contributed by atoms with Crippen molar-refractivity contribution >= 4 is 16.9 Å². The van der Waals surface area contributed by atoms with Gasteiger partial charge in [-0.2, -0.15) is 0 Å². The fourth-order valence-corrected chi connectivity index (χ4v) is 2.32. The Morgan fingerprint density at radius 2 is 1.95 bits per heavy atom. The van der Waals surface area contributed by atoms with Crippen LogP contribution in [0, 0.1) is 6.92 Å². The molecular formula is C16H22N2O2. The highest BCUT2D eigenvalue weighted by molar-refractivity contribution is 5.82. The third-order valence-corrected chi connectivity index (χ3v) is 3.29. The Kier molecular flexibility index (Phi) is 4.45. The van der Waals surface area contributed by atoms with Gasteiger partial charge in [-0.25, -0.2) is 0 Å². The smallest absolute Gasteiger partial charge is 0.234 e. The van der Waals surface area contributed by atoms with E-state index < -0.39 is 0 Å². The van der Waals surface area contributed by atoms with Crippen LogP contribution in [-0.4, -0.2) is 18.5 Å². The van der Waals surface area contributed by atoms with Gasteiger partial charge in [-0.3, -0.25) is 10.1 Å². The zero-order valence-corrected chi connectivity index (χ0v) is 12.5. The van der Waals surface area contributed by atoms with E-state index in [9.17, 15) is 4.79 Å². The molecule has 0 saturated heterocycles. The predicted octanol–water partition coefficient (Wildman–Crippen LogP) is 2.92. The van der Waals surface area contributed by atoms with Crippen molar-refractivity contribution in [2.24, 2.45) is 0 Å². The average molecular weight is 274 g/mol. The van der Waals surface area contributed by atoms with Crippen LogP contribution in [0.2, 0.25) is 0 Å². The van der Waals surface area contributed by atoms with E-state index in [1.54, 1.807) is 0 Å². The van der Waals surface area contributed by atoms with E-state index in [4.69, 9.17) is 4.42 Å². The molecule has 4 heteroatoms. The Morgan fingerprint density at radius 3 is 2.60 bits per heavy atom. The molecule has 1 aromatic heterocycles. The minimum Gasteiger partial charge on any atom is -0.459 e. The monoisotopic (exact) mass is 274 g/mol. The van der Waals surface area contributed by atoms with Crippen LogP contribution in [-0.2, 0) is 4.79 Å². The Morgan fingerprint density at radius 1 is 1.25 bits per heavy atom. The summed E-state index contributed by atoms with van der Waals surface area (Å²) in [5, 5.41) is 7.19. The molecular weight excluding hydrogens is 252 g/mol. The van der Waals surface area contributed by atoms with Crippen molar-refractivity contribution in [1.29, 1.82) is 0 Å². The van der Waals surface area contributed by atoms with Crippen molar-refractivity contribution in [3.63, 3.8) is 0 Å². The number of benzene rings is 1. The molecule has 0 saturated carbocycles. The summed E-state index contributed by atoms with van der Waals surface area (Å²) in [5.74, 6) is 0.893. The summed E-state index contributed by atoms with van der Waals surface area (Å²) >= 11 is 0. The molecule has 2 N–H and O–H groups in total. The lowest BCUT2D eigenvalue weighted by molar-refractivity contribution is -0.120. The molecule has 1 unspecified atom stereocenters. The van der Waals surface area contributed by atoms with Crippen molar-refractivity contribution < 1.29 is 9.21 Å². The maximum absolute atomic E-state index is 11.6. The Bertz CT molecular complexity index is 602. The van der Waals surface area contributed by atoms with E-state index in [1.807, 2.05) is 45.9 Å². The summed E-state index contributed by atoms with van der Waals surface area (Å²) in [6, 6.07) is 8.14. The number of carbonyl (C=O) groups excluding carboxylic acids is 1. The molecule has 0 radical (unpaired) electrons. The van der Waals surface area contributed by atoms with Crippen molar-refractivity contribution in [3.05, 3.63) is 35.6 Å². The number of hydrogen-bond donors (Lipinski definition) is 2. The molecule has 4 nitrogen and oxygen atoms in total. The number of aryl methyl sites for hydroxylation is 1. The van der Waals surface area contributed by atoms with Crippen LogP contribution < -0.4 is 10.6 Å². The molecule has 1 heterocycles. The normalized spacial score (nSPS) is 12.8. The first kappa shape index (κ1) is 14.6. The molecule has 2 rings (SSSR count). The van der Waals surface area contributed by atoms with Gasteiger partial charge in [0.25, 0.3) is 0 Å². The Balaban J connectivity index is 2.06. The first-order valence-electron chi connectivity index (χ1n) is 6.99. The number of fused-ring (bicyclic) bond motifs is 1. The number of amides is 1. The van der Waals surface area contributed by atoms with Crippen LogP contribution in [0.4, 0.5) is 0 Å². The lowest BCUT2D eigenvalue weighted by atomic mass is 10.1. The van der Waals surface area contributed by atoms with Gasteiger partial charge in [0.15, 0.2) is 0 Å². The third-order valence-electron chi connectivity index (χ3n) is 3.29. The van der Waals surface area contributed by atoms with Gasteiger partial charge in [0.2, 0.25) is 5.91 Å². The van der Waals surface area contributed by atoms with Gasteiger partial charge in [-0.1, -0.05) is 18.2 Å². The first-order valence-corrected chi connectivity index (χ1v) is 6.99. The standard InChI is InChI=1S/C16H22N2O2/c1-10(2)18-15(19)9-17-12(4)16-11(3)13-7-5-6-8-14(13)20-16/h5-8,10,12,17H,9H2,1-4H3,(H,18,19). The third kappa shape index (κ3) is 3.20. The van der Waals surface area contributed by atoms with Gasteiger partial charge in [-0.15, -0.1) is 0 Å². The summed E-state index contributed by atoms with van der Waals surface area (Å²) in [6.07, 6.45) is 0. The summed E-state index contributed by atoms with van der Waals surface area (Å²) in [6.45, 7) is 8.24. The summed E-state index contributed by atoms with van der Waals surface area (Å²) in [5.41, 5.74) is 2.02. The summed E-state index contributed by atoms with van der Waals surface area (Å²) in [4.78, 5) is 11.6. The van der Waals surface area contributed by atoms with Gasteiger partial charge < -0.3 is 9.73 Å². The minimum absolute atomic E-state index is 0.000289. The molecule has 0 aliphatic heterocycles. The fourth-order valence-electron chi connectivity index (χ4n) is 2.32. The number of para-hydroxylation sites is 1. The van der Waals surface area contributed by atoms with E-state index in [1.165, 1.54) is 0 Å². The zero-order chi connectivity index (χ0) is 14.7. The molecule has 20 heavy (non-hydrogen) atoms. The molecule has 0 spiro atoms. The van der Waals surface area contributed by atoms with Crippen LogP contribution >= 0.6 is 0 Å². The highest BCUT2D eigenvalue weighted by atomic mass is 16.3. The molecule has 1 amide bonds. The fraction of sp³-hybridized carbons (Fsp3) is 0.438. The largest absolute Gasteiger partial charge is 0.459 e. The SMILES string of the molecule is Cc1c(C(C)NCC(=O)NC(C)C)oc2ccccc12. The van der Waals surface area contributed by atoms with Crippen LogP contribution in [0.1, 0.15) is 38.1 Å². The second-order valence-electron chi connectivity index (χ2n) is 5.41. The molecule has 1 atom stereocenters. The lowest BCUT2D eigenvalue weighted by Gasteiger charge is -2.13. The summed E-state index contributed by atoms with van der Waals surface area (Å²) < 4.78 is 5.88. The maximum Gasteiger partial charge on any atom is 0.234 e. The van der Waals surface area contributed by atoms with Crippen molar-refractivity contribution in [3.8, 4) is 0 Å². The molecule has 0 aliphatic carbocycles. The van der Waals surface area contributed by atoms with Gasteiger partial charge in [0.05, 0.1) is 12.6 Å². The number of furan rings is 1. The molecule has 0 bridgehead atoms. The van der Waals surface area contributed by atoms with Crippen molar-refractivity contribution in [2.45, 2.75) is 39.8 Å². The molecule has 1 aromatic carbocycles. The molecule has 0 fully saturated rings. The zero-order valence-electron chi connectivity index (χ0n) is 12.5.